The number of carbonyl (C=O) groups excluding carboxylic acids is 1. The second-order valence-electron chi connectivity index (χ2n) is 6.48. The van der Waals surface area contributed by atoms with Crippen LogP contribution in [0, 0.1) is 11.6 Å². The van der Waals surface area contributed by atoms with Crippen molar-refractivity contribution < 1.29 is 18.3 Å². The molecule has 2 heterocycles. The van der Waals surface area contributed by atoms with Crippen LogP contribution in [0.5, 0.6) is 0 Å². The molecule has 4 rings (SSSR count). The summed E-state index contributed by atoms with van der Waals surface area (Å²) in [6.45, 7) is 2.44. The zero-order valence-electron chi connectivity index (χ0n) is 15.4. The van der Waals surface area contributed by atoms with Crippen LogP contribution in [-0.4, -0.2) is 42.2 Å². The van der Waals surface area contributed by atoms with Gasteiger partial charge in [-0.2, -0.15) is 0 Å². The highest BCUT2D eigenvalue weighted by molar-refractivity contribution is 6.03. The average Bonchev–Trinajstić information content (AvgIpc) is 2.77. The summed E-state index contributed by atoms with van der Waals surface area (Å²) in [6, 6.07) is 14.1. The van der Waals surface area contributed by atoms with Gasteiger partial charge in [-0.25, -0.2) is 18.7 Å². The maximum absolute atomic E-state index is 13.5. The van der Waals surface area contributed by atoms with E-state index in [9.17, 15) is 13.6 Å². The van der Waals surface area contributed by atoms with Crippen LogP contribution in [0.25, 0.3) is 11.4 Å². The van der Waals surface area contributed by atoms with E-state index in [1.165, 1.54) is 6.07 Å². The quantitative estimate of drug-likeness (QED) is 0.731. The van der Waals surface area contributed by atoms with E-state index in [0.717, 1.165) is 17.7 Å². The molecule has 0 radical (unpaired) electrons. The molecule has 0 spiro atoms. The first kappa shape index (κ1) is 18.9. The van der Waals surface area contributed by atoms with E-state index in [-0.39, 0.29) is 11.4 Å². The van der Waals surface area contributed by atoms with Gasteiger partial charge in [-0.15, -0.1) is 0 Å². The maximum Gasteiger partial charge on any atom is 0.274 e. The van der Waals surface area contributed by atoms with Gasteiger partial charge in [-0.05, 0) is 12.1 Å². The lowest BCUT2D eigenvalue weighted by atomic mass is 10.2. The fourth-order valence-corrected chi connectivity index (χ4v) is 2.99. The van der Waals surface area contributed by atoms with E-state index in [1.54, 1.807) is 6.07 Å². The molecule has 0 unspecified atom stereocenters. The van der Waals surface area contributed by atoms with Crippen LogP contribution in [-0.2, 0) is 4.74 Å². The predicted molar refractivity (Wildman–Crippen MR) is 105 cm³/mol. The molecule has 29 heavy (non-hydrogen) atoms. The second kappa shape index (κ2) is 8.32. The molecule has 0 atom stereocenters. The van der Waals surface area contributed by atoms with Crippen LogP contribution in [0.4, 0.5) is 20.3 Å². The van der Waals surface area contributed by atoms with Crippen molar-refractivity contribution in [3.8, 4) is 11.4 Å². The minimum Gasteiger partial charge on any atom is -0.378 e. The number of hydrogen-bond donors (Lipinski definition) is 1. The molecule has 0 bridgehead atoms. The Hall–Kier alpha value is -3.39. The van der Waals surface area contributed by atoms with Crippen LogP contribution in [0.15, 0.2) is 54.6 Å². The van der Waals surface area contributed by atoms with Crippen molar-refractivity contribution in [1.82, 2.24) is 9.97 Å². The Balaban J connectivity index is 1.68. The number of nitrogens with zero attached hydrogens (tertiary/aromatic N) is 3. The number of hydrogen-bond acceptors (Lipinski definition) is 5. The van der Waals surface area contributed by atoms with E-state index in [1.807, 2.05) is 35.2 Å². The fraction of sp³-hybridized carbons (Fsp3) is 0.190. The lowest BCUT2D eigenvalue weighted by molar-refractivity contribution is 0.102. The van der Waals surface area contributed by atoms with Gasteiger partial charge in [0.05, 0.1) is 13.2 Å². The first-order valence-corrected chi connectivity index (χ1v) is 9.14. The number of anilines is 2. The fourth-order valence-electron chi connectivity index (χ4n) is 2.99. The molecular formula is C21H18F2N4O2. The van der Waals surface area contributed by atoms with E-state index in [4.69, 9.17) is 4.74 Å². The van der Waals surface area contributed by atoms with Gasteiger partial charge in [0.1, 0.15) is 11.5 Å². The summed E-state index contributed by atoms with van der Waals surface area (Å²) in [5.41, 5.74) is 1.04. The molecule has 1 aliphatic rings. The highest BCUT2D eigenvalue weighted by Gasteiger charge is 2.19. The zero-order chi connectivity index (χ0) is 20.2. The number of ether oxygens (including phenoxy) is 1. The number of rotatable bonds is 4. The standard InChI is InChI=1S/C21H18F2N4O2/c22-16-7-6-15(12-17(16)23)24-21(28)18-13-19(27-8-10-29-11-9-27)26-20(25-18)14-4-2-1-3-5-14/h1-7,12-13H,8-11H2,(H,24,28). The van der Waals surface area contributed by atoms with Crippen molar-refractivity contribution in [2.45, 2.75) is 0 Å². The SMILES string of the molecule is O=C(Nc1ccc(F)c(F)c1)c1cc(N2CCOCC2)nc(-c2ccccc2)n1. The van der Waals surface area contributed by atoms with Crippen LogP contribution in [0.3, 0.4) is 0 Å². The summed E-state index contributed by atoms with van der Waals surface area (Å²) < 4.78 is 32.0. The second-order valence-corrected chi connectivity index (χ2v) is 6.48. The third-order valence-corrected chi connectivity index (χ3v) is 4.49. The number of aromatic nitrogens is 2. The highest BCUT2D eigenvalue weighted by atomic mass is 19.2. The van der Waals surface area contributed by atoms with Gasteiger partial charge < -0.3 is 15.0 Å². The van der Waals surface area contributed by atoms with Crippen LogP contribution < -0.4 is 10.2 Å². The molecule has 1 saturated heterocycles. The molecule has 148 valence electrons. The predicted octanol–water partition coefficient (Wildman–Crippen LogP) is 3.51. The smallest absolute Gasteiger partial charge is 0.274 e. The third kappa shape index (κ3) is 4.38. The Kier molecular flexibility index (Phi) is 5.44. The van der Waals surface area contributed by atoms with Crippen LogP contribution >= 0.6 is 0 Å². The van der Waals surface area contributed by atoms with Crippen molar-refractivity contribution in [2.75, 3.05) is 36.5 Å². The molecular weight excluding hydrogens is 378 g/mol. The van der Waals surface area contributed by atoms with E-state index in [0.29, 0.717) is 37.9 Å². The Labute approximate surface area is 166 Å². The van der Waals surface area contributed by atoms with E-state index in [2.05, 4.69) is 15.3 Å². The van der Waals surface area contributed by atoms with Gasteiger partial charge in [0.25, 0.3) is 5.91 Å². The van der Waals surface area contributed by atoms with Crippen molar-refractivity contribution in [1.29, 1.82) is 0 Å². The molecule has 0 aliphatic carbocycles. The molecule has 1 amide bonds. The molecule has 1 aromatic heterocycles. The number of benzene rings is 2. The lowest BCUT2D eigenvalue weighted by Gasteiger charge is -2.28. The highest BCUT2D eigenvalue weighted by Crippen LogP contribution is 2.22. The summed E-state index contributed by atoms with van der Waals surface area (Å²) in [7, 11) is 0. The van der Waals surface area contributed by atoms with Crippen molar-refractivity contribution in [3.63, 3.8) is 0 Å². The molecule has 3 aromatic rings. The zero-order valence-corrected chi connectivity index (χ0v) is 15.4. The molecule has 1 N–H and O–H groups in total. The average molecular weight is 396 g/mol. The van der Waals surface area contributed by atoms with E-state index < -0.39 is 17.5 Å². The first-order valence-electron chi connectivity index (χ1n) is 9.14. The summed E-state index contributed by atoms with van der Waals surface area (Å²) in [5.74, 6) is -1.54. The third-order valence-electron chi connectivity index (χ3n) is 4.49. The van der Waals surface area contributed by atoms with Gasteiger partial charge in [0.15, 0.2) is 17.5 Å². The molecule has 0 saturated carbocycles. The summed E-state index contributed by atoms with van der Waals surface area (Å²) in [6.07, 6.45) is 0. The Morgan fingerprint density at radius 3 is 2.45 bits per heavy atom. The maximum atomic E-state index is 13.5. The van der Waals surface area contributed by atoms with Gasteiger partial charge >= 0.3 is 0 Å². The molecule has 1 aliphatic heterocycles. The summed E-state index contributed by atoms with van der Waals surface area (Å²) in [4.78, 5) is 23.8. The Morgan fingerprint density at radius 1 is 0.966 bits per heavy atom. The monoisotopic (exact) mass is 396 g/mol. The largest absolute Gasteiger partial charge is 0.378 e. The number of carbonyl (C=O) groups is 1. The van der Waals surface area contributed by atoms with Crippen molar-refractivity contribution >= 4 is 17.4 Å². The van der Waals surface area contributed by atoms with Crippen LogP contribution in [0.2, 0.25) is 0 Å². The number of nitrogens with one attached hydrogen (secondary N) is 1. The Bertz CT molecular complexity index is 1020. The van der Waals surface area contributed by atoms with Crippen molar-refractivity contribution in [2.24, 2.45) is 0 Å². The molecule has 6 nitrogen and oxygen atoms in total. The molecule has 2 aromatic carbocycles. The van der Waals surface area contributed by atoms with Gasteiger partial charge in [0.2, 0.25) is 0 Å². The minimum absolute atomic E-state index is 0.130. The van der Waals surface area contributed by atoms with Gasteiger partial charge in [-0.1, -0.05) is 30.3 Å². The Morgan fingerprint density at radius 2 is 1.72 bits per heavy atom. The van der Waals surface area contributed by atoms with Gasteiger partial charge in [-0.3, -0.25) is 4.79 Å². The number of halogens is 2. The first-order chi connectivity index (χ1) is 14.1. The number of morpholine rings is 1. The number of amides is 1. The van der Waals surface area contributed by atoms with E-state index >= 15 is 0 Å². The topological polar surface area (TPSA) is 67.4 Å². The summed E-state index contributed by atoms with van der Waals surface area (Å²) >= 11 is 0. The minimum atomic E-state index is -1.04. The van der Waals surface area contributed by atoms with Crippen LogP contribution in [0.1, 0.15) is 10.5 Å². The summed E-state index contributed by atoms with van der Waals surface area (Å²) in [5, 5.41) is 2.56. The lowest BCUT2D eigenvalue weighted by Crippen LogP contribution is -2.37. The van der Waals surface area contributed by atoms with Gasteiger partial charge in [0, 0.05) is 36.5 Å². The normalized spacial score (nSPS) is 13.9. The molecule has 8 heteroatoms. The molecule has 1 fully saturated rings. The van der Waals surface area contributed by atoms with Crippen molar-refractivity contribution in [3.05, 3.63) is 71.9 Å².